The number of hydrogen-bond acceptors (Lipinski definition) is 9. The predicted octanol–water partition coefficient (Wildman–Crippen LogP) is 3.51. The molecule has 1 unspecified atom stereocenters. The molecular formula is C35H64N4O11. The van der Waals surface area contributed by atoms with Crippen molar-refractivity contribution in [3.8, 4) is 0 Å². The summed E-state index contributed by atoms with van der Waals surface area (Å²) in [7, 11) is 0. The highest BCUT2D eigenvalue weighted by molar-refractivity contribution is 5.84. The standard InChI is InChI=1S/C35H64N4O11/c36-28(34(45)46)17-15-16-22-37-32(42)27-50-26-25-49-24-23-38-30(40)21-20-29(35(47)48)39-31(41)18-13-11-9-7-5-3-1-2-4-6-8-10-12-14-19-33(43)44/h28-29H,1-27,36H2,(H,37,42)(H,38,40)(H,39,41)(H,43,44)(H,45,46)(H,47,48)/t28?,29-/m0/s1. The van der Waals surface area contributed by atoms with Crippen LogP contribution in [-0.4, -0.2) is 103 Å². The van der Waals surface area contributed by atoms with Crippen LogP contribution >= 0.6 is 0 Å². The molecule has 15 nitrogen and oxygen atoms in total. The number of ether oxygens (including phenoxy) is 2. The van der Waals surface area contributed by atoms with Gasteiger partial charge in [0.15, 0.2) is 0 Å². The Balaban J connectivity index is 3.69. The molecule has 8 N–H and O–H groups in total. The van der Waals surface area contributed by atoms with Gasteiger partial charge in [0.2, 0.25) is 17.7 Å². The summed E-state index contributed by atoms with van der Waals surface area (Å²) in [6.07, 6.45) is 17.1. The van der Waals surface area contributed by atoms with Crippen molar-refractivity contribution in [2.45, 2.75) is 147 Å². The monoisotopic (exact) mass is 716 g/mol. The maximum absolute atomic E-state index is 12.3. The number of carbonyl (C=O) groups excluding carboxylic acids is 3. The highest BCUT2D eigenvalue weighted by Gasteiger charge is 2.20. The number of hydrogen-bond donors (Lipinski definition) is 7. The van der Waals surface area contributed by atoms with E-state index in [0.29, 0.717) is 32.2 Å². The first kappa shape index (κ1) is 46.7. The second-order valence-corrected chi connectivity index (χ2v) is 12.6. The van der Waals surface area contributed by atoms with E-state index >= 15 is 0 Å². The first-order chi connectivity index (χ1) is 24.0. The number of carbonyl (C=O) groups is 6. The van der Waals surface area contributed by atoms with Crippen LogP contribution in [0.2, 0.25) is 0 Å². The lowest BCUT2D eigenvalue weighted by atomic mass is 10.0. The zero-order valence-electron chi connectivity index (χ0n) is 29.9. The van der Waals surface area contributed by atoms with Crippen LogP contribution < -0.4 is 21.7 Å². The largest absolute Gasteiger partial charge is 0.481 e. The third-order valence-electron chi connectivity index (χ3n) is 8.09. The Morgan fingerprint density at radius 3 is 1.56 bits per heavy atom. The number of carboxylic acids is 3. The van der Waals surface area contributed by atoms with Gasteiger partial charge < -0.3 is 46.5 Å². The molecule has 0 aliphatic carbocycles. The van der Waals surface area contributed by atoms with Crippen LogP contribution in [0.25, 0.3) is 0 Å². The van der Waals surface area contributed by atoms with Gasteiger partial charge in [-0.2, -0.15) is 0 Å². The van der Waals surface area contributed by atoms with E-state index < -0.39 is 30.0 Å². The van der Waals surface area contributed by atoms with E-state index in [2.05, 4.69) is 16.0 Å². The molecule has 0 saturated carbocycles. The molecule has 0 radical (unpaired) electrons. The van der Waals surface area contributed by atoms with Gasteiger partial charge in [0.25, 0.3) is 0 Å². The van der Waals surface area contributed by atoms with Crippen LogP contribution in [0.15, 0.2) is 0 Å². The fraction of sp³-hybridized carbons (Fsp3) is 0.829. The van der Waals surface area contributed by atoms with Crippen molar-refractivity contribution in [3.05, 3.63) is 0 Å². The molecule has 2 atom stereocenters. The average molecular weight is 717 g/mol. The zero-order valence-corrected chi connectivity index (χ0v) is 29.9. The summed E-state index contributed by atoms with van der Waals surface area (Å²) in [6, 6.07) is -2.03. The highest BCUT2D eigenvalue weighted by Crippen LogP contribution is 2.14. The van der Waals surface area contributed by atoms with Crippen LogP contribution in [0, 0.1) is 0 Å². The van der Waals surface area contributed by atoms with Gasteiger partial charge in [-0.3, -0.25) is 24.0 Å². The predicted molar refractivity (Wildman–Crippen MR) is 187 cm³/mol. The molecule has 0 spiro atoms. The molecule has 0 aliphatic heterocycles. The minimum Gasteiger partial charge on any atom is -0.481 e. The molecule has 0 aromatic carbocycles. The van der Waals surface area contributed by atoms with Crippen molar-refractivity contribution >= 4 is 35.6 Å². The molecule has 0 bridgehead atoms. The minimum atomic E-state index is -1.18. The Hall–Kier alpha value is -3.30. The number of carboxylic acid groups (broad SMARTS) is 3. The van der Waals surface area contributed by atoms with Gasteiger partial charge in [-0.25, -0.2) is 4.79 Å². The van der Waals surface area contributed by atoms with Crippen molar-refractivity contribution < 1.29 is 53.6 Å². The maximum atomic E-state index is 12.3. The molecule has 0 fully saturated rings. The van der Waals surface area contributed by atoms with Crippen LogP contribution in [-0.2, 0) is 38.2 Å². The SMILES string of the molecule is NC(CCCCNC(=O)COCCOCCNC(=O)CC[C@H](NC(=O)CCCCCCCCCCCCCCCCC(=O)O)C(=O)O)C(=O)O. The van der Waals surface area contributed by atoms with E-state index in [0.717, 1.165) is 38.5 Å². The second-order valence-electron chi connectivity index (χ2n) is 12.6. The molecule has 15 heteroatoms. The van der Waals surface area contributed by atoms with Crippen LogP contribution in [0.3, 0.4) is 0 Å². The number of amides is 3. The van der Waals surface area contributed by atoms with Crippen LogP contribution in [0.5, 0.6) is 0 Å². The molecule has 0 aliphatic rings. The molecule has 0 aromatic rings. The van der Waals surface area contributed by atoms with Crippen molar-refractivity contribution in [2.24, 2.45) is 5.73 Å². The Kier molecular flexibility index (Phi) is 30.7. The van der Waals surface area contributed by atoms with Crippen LogP contribution in [0.4, 0.5) is 0 Å². The van der Waals surface area contributed by atoms with E-state index in [1.54, 1.807) is 0 Å². The normalized spacial score (nSPS) is 12.2. The van der Waals surface area contributed by atoms with Gasteiger partial charge in [0.1, 0.15) is 18.7 Å². The lowest BCUT2D eigenvalue weighted by Gasteiger charge is -2.14. The molecule has 290 valence electrons. The summed E-state index contributed by atoms with van der Waals surface area (Å²) in [4.78, 5) is 68.8. The molecule has 0 saturated heterocycles. The van der Waals surface area contributed by atoms with Gasteiger partial charge in [-0.1, -0.05) is 77.0 Å². The first-order valence-electron chi connectivity index (χ1n) is 18.4. The molecule has 50 heavy (non-hydrogen) atoms. The zero-order chi connectivity index (χ0) is 37.2. The van der Waals surface area contributed by atoms with Crippen molar-refractivity contribution in [1.82, 2.24) is 16.0 Å². The van der Waals surface area contributed by atoms with Crippen molar-refractivity contribution in [2.75, 3.05) is 39.5 Å². The summed E-state index contributed by atoms with van der Waals surface area (Å²) < 4.78 is 10.6. The van der Waals surface area contributed by atoms with Gasteiger partial charge in [0, 0.05) is 32.4 Å². The third-order valence-corrected chi connectivity index (χ3v) is 8.09. The molecular weight excluding hydrogens is 652 g/mol. The molecule has 0 aromatic heterocycles. The number of unbranched alkanes of at least 4 members (excludes halogenated alkanes) is 14. The fourth-order valence-corrected chi connectivity index (χ4v) is 5.11. The summed E-state index contributed by atoms with van der Waals surface area (Å²) in [5.74, 6) is -3.91. The molecule has 0 rings (SSSR count). The van der Waals surface area contributed by atoms with Gasteiger partial charge in [-0.15, -0.1) is 0 Å². The summed E-state index contributed by atoms with van der Waals surface area (Å²) in [5, 5.41) is 34.6. The average Bonchev–Trinajstić information content (AvgIpc) is 3.06. The Bertz CT molecular complexity index is 952. The lowest BCUT2D eigenvalue weighted by molar-refractivity contribution is -0.142. The Morgan fingerprint density at radius 2 is 1.02 bits per heavy atom. The van der Waals surface area contributed by atoms with E-state index in [1.807, 2.05) is 0 Å². The summed E-state index contributed by atoms with van der Waals surface area (Å²) >= 11 is 0. The second kappa shape index (κ2) is 32.9. The third kappa shape index (κ3) is 31.9. The minimum absolute atomic E-state index is 0.0215. The number of nitrogens with one attached hydrogen (secondary N) is 3. The Labute approximate surface area is 297 Å². The van der Waals surface area contributed by atoms with E-state index in [1.165, 1.54) is 44.9 Å². The molecule has 3 amide bonds. The topological polar surface area (TPSA) is 244 Å². The number of nitrogens with two attached hydrogens (primary N) is 1. The van der Waals surface area contributed by atoms with Crippen molar-refractivity contribution in [1.29, 1.82) is 0 Å². The van der Waals surface area contributed by atoms with Gasteiger partial charge in [0.05, 0.1) is 19.8 Å². The summed E-state index contributed by atoms with van der Waals surface area (Å²) in [6.45, 7) is 1.07. The Morgan fingerprint density at radius 1 is 0.500 bits per heavy atom. The number of rotatable bonds is 36. The molecule has 0 heterocycles. The first-order valence-corrected chi connectivity index (χ1v) is 18.4. The van der Waals surface area contributed by atoms with E-state index in [4.69, 9.17) is 25.4 Å². The summed E-state index contributed by atoms with van der Waals surface area (Å²) in [5.41, 5.74) is 5.42. The van der Waals surface area contributed by atoms with E-state index in [-0.39, 0.29) is 76.4 Å². The van der Waals surface area contributed by atoms with Crippen molar-refractivity contribution in [3.63, 3.8) is 0 Å². The van der Waals surface area contributed by atoms with Gasteiger partial charge >= 0.3 is 17.9 Å². The number of aliphatic carboxylic acids is 3. The smallest absolute Gasteiger partial charge is 0.326 e. The van der Waals surface area contributed by atoms with E-state index in [9.17, 15) is 33.9 Å². The highest BCUT2D eigenvalue weighted by atomic mass is 16.5. The maximum Gasteiger partial charge on any atom is 0.326 e. The van der Waals surface area contributed by atoms with Crippen LogP contribution in [0.1, 0.15) is 135 Å². The fourth-order valence-electron chi connectivity index (χ4n) is 5.11. The van der Waals surface area contributed by atoms with Gasteiger partial charge in [-0.05, 0) is 38.5 Å². The lowest BCUT2D eigenvalue weighted by Crippen LogP contribution is -2.41. The quantitative estimate of drug-likeness (QED) is 0.0461.